The highest BCUT2D eigenvalue weighted by atomic mass is 19.1. The highest BCUT2D eigenvalue weighted by Crippen LogP contribution is 2.28. The maximum absolute atomic E-state index is 13.4. The number of rotatable bonds is 9. The normalized spacial score (nSPS) is 13.4. The summed E-state index contributed by atoms with van der Waals surface area (Å²) in [6.45, 7) is 3.28. The van der Waals surface area contributed by atoms with Gasteiger partial charge in [0.1, 0.15) is 11.9 Å². The first-order valence-electron chi connectivity index (χ1n) is 9.86. The van der Waals surface area contributed by atoms with Crippen molar-refractivity contribution in [3.05, 3.63) is 107 Å². The molecule has 0 aliphatic carbocycles. The number of halogens is 1. The van der Waals surface area contributed by atoms with Crippen LogP contribution in [0.15, 0.2) is 78.9 Å². The number of aliphatic hydroxyl groups is 1. The molecule has 0 saturated heterocycles. The van der Waals surface area contributed by atoms with E-state index in [1.807, 2.05) is 60.5 Å². The second-order valence-electron chi connectivity index (χ2n) is 7.46. The van der Waals surface area contributed by atoms with Crippen molar-refractivity contribution in [3.63, 3.8) is 0 Å². The Morgan fingerprint density at radius 2 is 1.69 bits per heavy atom. The lowest BCUT2D eigenvalue weighted by Crippen LogP contribution is -2.32. The van der Waals surface area contributed by atoms with Crippen LogP contribution in [0.3, 0.4) is 0 Å². The average molecular weight is 394 g/mol. The number of hydrogen-bond acceptors (Lipinski definition) is 3. The van der Waals surface area contributed by atoms with Crippen LogP contribution in [-0.4, -0.2) is 36.3 Å². The van der Waals surface area contributed by atoms with Crippen molar-refractivity contribution >= 4 is 0 Å². The molecule has 0 radical (unpaired) electrons. The van der Waals surface area contributed by atoms with Gasteiger partial charge in [0.15, 0.2) is 0 Å². The first-order valence-corrected chi connectivity index (χ1v) is 9.86. The zero-order chi connectivity index (χ0) is 20.6. The van der Waals surface area contributed by atoms with Gasteiger partial charge in [0.05, 0.1) is 12.7 Å². The smallest absolute Gasteiger partial charge is 0.123 e. The number of benzene rings is 3. The van der Waals surface area contributed by atoms with Crippen molar-refractivity contribution in [1.82, 2.24) is 4.90 Å². The minimum atomic E-state index is -0.649. The summed E-state index contributed by atoms with van der Waals surface area (Å²) in [6.07, 6.45) is -0.885. The summed E-state index contributed by atoms with van der Waals surface area (Å²) in [5.74, 6) is -0.247. The molecular formula is C25H28FNO2. The molecular weight excluding hydrogens is 365 g/mol. The summed E-state index contributed by atoms with van der Waals surface area (Å²) in [5, 5.41) is 10.5. The van der Waals surface area contributed by atoms with E-state index in [0.29, 0.717) is 13.1 Å². The molecule has 3 rings (SSSR count). The Labute approximate surface area is 172 Å². The molecule has 3 aromatic rings. The number of ether oxygens (including phenoxy) is 1. The molecule has 0 aromatic heterocycles. The molecule has 0 spiro atoms. The Morgan fingerprint density at radius 3 is 2.41 bits per heavy atom. The van der Waals surface area contributed by atoms with E-state index in [2.05, 4.69) is 19.1 Å². The maximum atomic E-state index is 13.4. The number of hydrogen-bond donors (Lipinski definition) is 1. The predicted octanol–water partition coefficient (Wildman–Crippen LogP) is 4.73. The Kier molecular flexibility index (Phi) is 7.53. The second kappa shape index (κ2) is 10.3. The van der Waals surface area contributed by atoms with Crippen LogP contribution in [0.25, 0.3) is 0 Å². The largest absolute Gasteiger partial charge is 0.389 e. The maximum Gasteiger partial charge on any atom is 0.123 e. The molecule has 0 fully saturated rings. The van der Waals surface area contributed by atoms with Crippen molar-refractivity contribution < 1.29 is 14.2 Å². The molecule has 2 unspecified atom stereocenters. The van der Waals surface area contributed by atoms with Gasteiger partial charge in [-0.15, -0.1) is 0 Å². The van der Waals surface area contributed by atoms with Crippen LogP contribution in [0.5, 0.6) is 0 Å². The van der Waals surface area contributed by atoms with Crippen LogP contribution in [0.4, 0.5) is 4.39 Å². The lowest BCUT2D eigenvalue weighted by atomic mass is 9.97. The lowest BCUT2D eigenvalue weighted by Gasteiger charge is -2.25. The SMILES string of the molecule is Cc1ccccc1C(OCC(O)CN(C)Cc1cccc(F)c1)c1ccccc1. The van der Waals surface area contributed by atoms with Crippen LogP contribution in [0.2, 0.25) is 0 Å². The molecule has 0 amide bonds. The summed E-state index contributed by atoms with van der Waals surface area (Å²) >= 11 is 0. The molecule has 1 N–H and O–H groups in total. The summed E-state index contributed by atoms with van der Waals surface area (Å²) in [6, 6.07) is 24.7. The number of nitrogens with zero attached hydrogens (tertiary/aromatic N) is 1. The lowest BCUT2D eigenvalue weighted by molar-refractivity contribution is -0.00644. The fourth-order valence-electron chi connectivity index (χ4n) is 3.51. The van der Waals surface area contributed by atoms with Crippen molar-refractivity contribution in [2.45, 2.75) is 25.7 Å². The van der Waals surface area contributed by atoms with Gasteiger partial charge in [0, 0.05) is 13.1 Å². The molecule has 3 nitrogen and oxygen atoms in total. The second-order valence-corrected chi connectivity index (χ2v) is 7.46. The third-order valence-electron chi connectivity index (χ3n) is 4.89. The van der Waals surface area contributed by atoms with E-state index in [-0.39, 0.29) is 18.5 Å². The van der Waals surface area contributed by atoms with Crippen molar-refractivity contribution in [2.75, 3.05) is 20.2 Å². The molecule has 152 valence electrons. The topological polar surface area (TPSA) is 32.7 Å². The Balaban J connectivity index is 1.62. The fourth-order valence-corrected chi connectivity index (χ4v) is 3.51. The van der Waals surface area contributed by atoms with Crippen LogP contribution >= 0.6 is 0 Å². The number of aliphatic hydroxyl groups excluding tert-OH is 1. The van der Waals surface area contributed by atoms with Gasteiger partial charge in [-0.3, -0.25) is 4.90 Å². The van der Waals surface area contributed by atoms with Gasteiger partial charge in [0.2, 0.25) is 0 Å². The van der Waals surface area contributed by atoms with Gasteiger partial charge in [-0.25, -0.2) is 4.39 Å². The van der Waals surface area contributed by atoms with E-state index in [4.69, 9.17) is 4.74 Å². The average Bonchev–Trinajstić information content (AvgIpc) is 2.70. The molecule has 4 heteroatoms. The zero-order valence-electron chi connectivity index (χ0n) is 17.0. The predicted molar refractivity (Wildman–Crippen MR) is 114 cm³/mol. The molecule has 0 aliphatic heterocycles. The van der Waals surface area contributed by atoms with E-state index < -0.39 is 6.10 Å². The molecule has 0 heterocycles. The minimum Gasteiger partial charge on any atom is -0.389 e. The Hall–Kier alpha value is -2.53. The Bertz CT molecular complexity index is 900. The standard InChI is InChI=1S/C25H28FNO2/c1-19-9-6-7-14-24(19)25(21-11-4-3-5-12-21)29-18-23(28)17-27(2)16-20-10-8-13-22(26)15-20/h3-15,23,25,28H,16-18H2,1-2H3. The molecule has 0 aliphatic rings. The van der Waals surface area contributed by atoms with Crippen LogP contribution in [-0.2, 0) is 11.3 Å². The third-order valence-corrected chi connectivity index (χ3v) is 4.89. The van der Waals surface area contributed by atoms with Crippen LogP contribution in [0, 0.1) is 12.7 Å². The van der Waals surface area contributed by atoms with Gasteiger partial charge in [-0.1, -0.05) is 66.7 Å². The Morgan fingerprint density at radius 1 is 0.966 bits per heavy atom. The number of likely N-dealkylation sites (N-methyl/N-ethyl adjacent to an activating group) is 1. The summed E-state index contributed by atoms with van der Waals surface area (Å²) in [4.78, 5) is 1.97. The van der Waals surface area contributed by atoms with Gasteiger partial charge in [0.25, 0.3) is 0 Å². The molecule has 2 atom stereocenters. The van der Waals surface area contributed by atoms with E-state index in [1.165, 1.54) is 12.1 Å². The van der Waals surface area contributed by atoms with E-state index in [1.54, 1.807) is 6.07 Å². The highest BCUT2D eigenvalue weighted by Gasteiger charge is 2.19. The van der Waals surface area contributed by atoms with Crippen LogP contribution in [0.1, 0.15) is 28.4 Å². The quantitative estimate of drug-likeness (QED) is 0.570. The van der Waals surface area contributed by atoms with E-state index >= 15 is 0 Å². The molecule has 29 heavy (non-hydrogen) atoms. The number of aryl methyl sites for hydroxylation is 1. The van der Waals surface area contributed by atoms with Gasteiger partial charge in [-0.2, -0.15) is 0 Å². The van der Waals surface area contributed by atoms with Crippen molar-refractivity contribution in [1.29, 1.82) is 0 Å². The van der Waals surface area contributed by atoms with Crippen molar-refractivity contribution in [2.24, 2.45) is 0 Å². The molecule has 0 bridgehead atoms. The van der Waals surface area contributed by atoms with Gasteiger partial charge in [-0.05, 0) is 48.4 Å². The first kappa shape index (κ1) is 21.2. The third kappa shape index (κ3) is 6.23. The highest BCUT2D eigenvalue weighted by molar-refractivity contribution is 5.35. The first-order chi connectivity index (χ1) is 14.0. The molecule has 3 aromatic carbocycles. The molecule has 0 saturated carbocycles. The summed E-state index contributed by atoms with van der Waals surface area (Å²) in [7, 11) is 1.91. The van der Waals surface area contributed by atoms with E-state index in [0.717, 1.165) is 22.3 Å². The van der Waals surface area contributed by atoms with Crippen molar-refractivity contribution in [3.8, 4) is 0 Å². The van der Waals surface area contributed by atoms with Crippen LogP contribution < -0.4 is 0 Å². The fraction of sp³-hybridized carbons (Fsp3) is 0.280. The zero-order valence-corrected chi connectivity index (χ0v) is 17.0. The summed E-state index contributed by atoms with van der Waals surface area (Å²) < 4.78 is 19.5. The monoisotopic (exact) mass is 393 g/mol. The van der Waals surface area contributed by atoms with Gasteiger partial charge < -0.3 is 9.84 Å². The summed E-state index contributed by atoms with van der Waals surface area (Å²) in [5.41, 5.74) is 4.18. The van der Waals surface area contributed by atoms with Gasteiger partial charge >= 0.3 is 0 Å². The van der Waals surface area contributed by atoms with E-state index in [9.17, 15) is 9.50 Å². The minimum absolute atomic E-state index is 0.210.